The highest BCUT2D eigenvalue weighted by Crippen LogP contribution is 2.34. The van der Waals surface area contributed by atoms with Crippen LogP contribution in [-0.4, -0.2) is 15.9 Å². The van der Waals surface area contributed by atoms with Gasteiger partial charge in [-0.15, -0.1) is 0 Å². The minimum absolute atomic E-state index is 0.0591. The smallest absolute Gasteiger partial charge is 0.301 e. The number of benzene rings is 1. The number of nitrogens with zero attached hydrogens (tertiary/aromatic N) is 2. The number of anilines is 1. The van der Waals surface area contributed by atoms with Crippen molar-refractivity contribution in [1.82, 2.24) is 5.32 Å². The molecule has 0 saturated heterocycles. The molecule has 1 atom stereocenters. The molecule has 1 aliphatic heterocycles. The molecule has 2 N–H and O–H groups in total. The van der Waals surface area contributed by atoms with Gasteiger partial charge in [0.15, 0.2) is 0 Å². The summed E-state index contributed by atoms with van der Waals surface area (Å²) >= 11 is 0. The fourth-order valence-electron chi connectivity index (χ4n) is 1.59. The third-order valence-corrected chi connectivity index (χ3v) is 2.28. The van der Waals surface area contributed by atoms with Crippen LogP contribution in [0.5, 0.6) is 0 Å². The Labute approximate surface area is 93.7 Å². The molecule has 0 spiro atoms. The lowest BCUT2D eigenvalue weighted by Gasteiger charge is -2.20. The normalized spacial score (nSPS) is 17.6. The van der Waals surface area contributed by atoms with Gasteiger partial charge >= 0.3 is 12.2 Å². The molecule has 9 nitrogen and oxygen atoms in total. The van der Waals surface area contributed by atoms with Crippen molar-refractivity contribution >= 4 is 17.4 Å². The van der Waals surface area contributed by atoms with Crippen molar-refractivity contribution in [2.24, 2.45) is 0 Å². The van der Waals surface area contributed by atoms with Gasteiger partial charge < -0.3 is 5.32 Å². The van der Waals surface area contributed by atoms with E-state index in [1.165, 1.54) is 18.2 Å². The minimum Gasteiger partial charge on any atom is -0.301 e. The number of carbonyl (C=O) groups excluding carboxylic acids is 1. The molecule has 0 bridgehead atoms. The van der Waals surface area contributed by atoms with Gasteiger partial charge in [0.1, 0.15) is 5.69 Å². The van der Waals surface area contributed by atoms with Gasteiger partial charge in [-0.25, -0.2) is 4.79 Å². The molecule has 1 unspecified atom stereocenters. The molecule has 88 valence electrons. The van der Waals surface area contributed by atoms with Crippen LogP contribution >= 0.6 is 0 Å². The number of nitro benzene ring substituents is 1. The highest BCUT2D eigenvalue weighted by Gasteiger charge is 2.36. The molecule has 0 aromatic heterocycles. The molecule has 2 rings (SSSR count). The van der Waals surface area contributed by atoms with E-state index < -0.39 is 22.0 Å². The van der Waals surface area contributed by atoms with Crippen molar-refractivity contribution < 1.29 is 14.6 Å². The second-order valence-electron chi connectivity index (χ2n) is 3.28. The summed E-state index contributed by atoms with van der Waals surface area (Å²) in [5.41, 5.74) is -0.448. The summed E-state index contributed by atoms with van der Waals surface area (Å²) in [7, 11) is 0. The highest BCUT2D eigenvalue weighted by molar-refractivity contribution is 5.95. The van der Waals surface area contributed by atoms with E-state index in [4.69, 9.17) is 0 Å². The van der Waals surface area contributed by atoms with Crippen LogP contribution in [-0.2, 0) is 0 Å². The zero-order valence-corrected chi connectivity index (χ0v) is 8.25. The molecule has 0 saturated carbocycles. The molecule has 1 aliphatic rings. The highest BCUT2D eigenvalue weighted by atomic mass is 16.6. The number of hydrogen-bond acceptors (Lipinski definition) is 5. The molecular weight excluding hydrogens is 232 g/mol. The van der Waals surface area contributed by atoms with Crippen LogP contribution in [0.15, 0.2) is 18.2 Å². The Morgan fingerprint density at radius 3 is 2.53 bits per heavy atom. The van der Waals surface area contributed by atoms with Crippen LogP contribution in [0.3, 0.4) is 0 Å². The van der Waals surface area contributed by atoms with Gasteiger partial charge in [0.2, 0.25) is 0 Å². The second-order valence-corrected chi connectivity index (χ2v) is 3.28. The first-order chi connectivity index (χ1) is 8.00. The summed E-state index contributed by atoms with van der Waals surface area (Å²) in [6, 6.07) is 3.00. The summed E-state index contributed by atoms with van der Waals surface area (Å²) in [5.74, 6) is 0. The second kappa shape index (κ2) is 3.70. The quantitative estimate of drug-likeness (QED) is 0.586. The number of carbonyl (C=O) groups is 1. The van der Waals surface area contributed by atoms with Crippen LogP contribution in [0.1, 0.15) is 11.7 Å². The SMILES string of the molecule is O=C1Nc2c(cccc2[N+](=O)[O-])C([N+](=O)[O-])N1. The molecule has 1 heterocycles. The van der Waals surface area contributed by atoms with Crippen LogP contribution in [0, 0.1) is 20.2 Å². The van der Waals surface area contributed by atoms with Gasteiger partial charge in [-0.3, -0.25) is 25.5 Å². The number of amides is 2. The van der Waals surface area contributed by atoms with E-state index in [0.717, 1.165) is 0 Å². The van der Waals surface area contributed by atoms with Crippen molar-refractivity contribution in [3.8, 4) is 0 Å². The van der Waals surface area contributed by atoms with E-state index in [1.807, 2.05) is 0 Å². The standard InChI is InChI=1S/C8H6N4O5/c13-8-9-6-4(7(10-8)12(16)17)2-1-3-5(6)11(14)15/h1-3,7H,(H2,9,10,13). The summed E-state index contributed by atoms with van der Waals surface area (Å²) in [4.78, 5) is 31.2. The summed E-state index contributed by atoms with van der Waals surface area (Å²) in [6.07, 6.45) is -1.47. The Kier molecular flexibility index (Phi) is 2.35. The third kappa shape index (κ3) is 1.73. The lowest BCUT2D eigenvalue weighted by Crippen LogP contribution is -2.41. The fourth-order valence-corrected chi connectivity index (χ4v) is 1.59. The lowest BCUT2D eigenvalue weighted by molar-refractivity contribution is -0.533. The van der Waals surface area contributed by atoms with Gasteiger partial charge in [-0.05, 0) is 6.07 Å². The number of hydrogen-bond donors (Lipinski definition) is 2. The summed E-state index contributed by atoms with van der Waals surface area (Å²) in [5, 5.41) is 25.7. The number of urea groups is 1. The number of fused-ring (bicyclic) bond motifs is 1. The Bertz CT molecular complexity index is 529. The number of para-hydroxylation sites is 1. The van der Waals surface area contributed by atoms with Crippen LogP contribution in [0.4, 0.5) is 16.2 Å². The zero-order chi connectivity index (χ0) is 12.6. The monoisotopic (exact) mass is 238 g/mol. The van der Waals surface area contributed by atoms with E-state index in [0.29, 0.717) is 0 Å². The Balaban J connectivity index is 2.61. The van der Waals surface area contributed by atoms with Crippen molar-refractivity contribution in [1.29, 1.82) is 0 Å². The van der Waals surface area contributed by atoms with E-state index in [9.17, 15) is 25.0 Å². The third-order valence-electron chi connectivity index (χ3n) is 2.28. The molecule has 0 aliphatic carbocycles. The summed E-state index contributed by atoms with van der Waals surface area (Å²) in [6.45, 7) is 0. The Morgan fingerprint density at radius 2 is 1.94 bits per heavy atom. The first kappa shape index (κ1) is 10.8. The number of nitro groups is 2. The van der Waals surface area contributed by atoms with Crippen molar-refractivity contribution in [2.45, 2.75) is 6.17 Å². The Hall–Kier alpha value is -2.71. The molecule has 17 heavy (non-hydrogen) atoms. The first-order valence-corrected chi connectivity index (χ1v) is 4.49. The van der Waals surface area contributed by atoms with Crippen LogP contribution in [0.25, 0.3) is 0 Å². The van der Waals surface area contributed by atoms with Gasteiger partial charge in [-0.2, -0.15) is 0 Å². The van der Waals surface area contributed by atoms with E-state index in [2.05, 4.69) is 10.6 Å². The average Bonchev–Trinajstić information content (AvgIpc) is 2.26. The van der Waals surface area contributed by atoms with Crippen molar-refractivity contribution in [2.75, 3.05) is 5.32 Å². The van der Waals surface area contributed by atoms with Crippen LogP contribution < -0.4 is 10.6 Å². The molecule has 0 radical (unpaired) electrons. The fraction of sp³-hybridized carbons (Fsp3) is 0.125. The Morgan fingerprint density at radius 1 is 1.24 bits per heavy atom. The summed E-state index contributed by atoms with van der Waals surface area (Å²) < 4.78 is 0. The number of nitrogens with one attached hydrogen (secondary N) is 2. The molecule has 1 aromatic carbocycles. The van der Waals surface area contributed by atoms with Crippen molar-refractivity contribution in [3.05, 3.63) is 44.0 Å². The molecule has 9 heteroatoms. The average molecular weight is 238 g/mol. The van der Waals surface area contributed by atoms with Gasteiger partial charge in [0, 0.05) is 6.07 Å². The number of rotatable bonds is 2. The van der Waals surface area contributed by atoms with E-state index in [1.54, 1.807) is 0 Å². The van der Waals surface area contributed by atoms with E-state index >= 15 is 0 Å². The zero-order valence-electron chi connectivity index (χ0n) is 8.25. The maximum absolute atomic E-state index is 11.2. The van der Waals surface area contributed by atoms with Crippen LogP contribution in [0.2, 0.25) is 0 Å². The van der Waals surface area contributed by atoms with Gasteiger partial charge in [-0.1, -0.05) is 6.07 Å². The maximum Gasteiger partial charge on any atom is 0.324 e. The molecule has 2 amide bonds. The topological polar surface area (TPSA) is 127 Å². The minimum atomic E-state index is -1.47. The van der Waals surface area contributed by atoms with Gasteiger partial charge in [0.05, 0.1) is 15.4 Å². The molecular formula is C8H6N4O5. The largest absolute Gasteiger partial charge is 0.324 e. The maximum atomic E-state index is 11.2. The molecule has 1 aromatic rings. The first-order valence-electron chi connectivity index (χ1n) is 4.49. The predicted molar refractivity (Wildman–Crippen MR) is 55.0 cm³/mol. The van der Waals surface area contributed by atoms with Crippen molar-refractivity contribution in [3.63, 3.8) is 0 Å². The van der Waals surface area contributed by atoms with E-state index in [-0.39, 0.29) is 16.9 Å². The lowest BCUT2D eigenvalue weighted by atomic mass is 10.1. The molecule has 0 fully saturated rings. The predicted octanol–water partition coefficient (Wildman–Crippen LogP) is 1.01. The van der Waals surface area contributed by atoms with Gasteiger partial charge in [0.25, 0.3) is 5.69 Å².